The van der Waals surface area contributed by atoms with Gasteiger partial charge in [0.1, 0.15) is 23.7 Å². The van der Waals surface area contributed by atoms with Crippen molar-refractivity contribution >= 4 is 27.4 Å². The second-order valence-electron chi connectivity index (χ2n) is 5.45. The van der Waals surface area contributed by atoms with E-state index in [-0.39, 0.29) is 5.69 Å². The summed E-state index contributed by atoms with van der Waals surface area (Å²) >= 11 is 3.30. The van der Waals surface area contributed by atoms with E-state index < -0.39 is 4.92 Å². The van der Waals surface area contributed by atoms with E-state index in [2.05, 4.69) is 41.0 Å². The van der Waals surface area contributed by atoms with Crippen LogP contribution in [0.2, 0.25) is 0 Å². The van der Waals surface area contributed by atoms with Gasteiger partial charge in [0.15, 0.2) is 0 Å². The van der Waals surface area contributed by atoms with Gasteiger partial charge < -0.3 is 9.88 Å². The number of aromatic nitrogens is 4. The zero-order chi connectivity index (χ0) is 16.2. The van der Waals surface area contributed by atoms with Crippen LogP contribution in [0.25, 0.3) is 0 Å². The molecule has 23 heavy (non-hydrogen) atoms. The summed E-state index contributed by atoms with van der Waals surface area (Å²) in [6.45, 7) is 1.73. The summed E-state index contributed by atoms with van der Waals surface area (Å²) in [6.07, 6.45) is 6.40. The van der Waals surface area contributed by atoms with E-state index in [1.165, 1.54) is 25.1 Å². The minimum Gasteiger partial charge on any atom is -0.369 e. The first-order chi connectivity index (χ1) is 11.1. The largest absolute Gasteiger partial charge is 0.369 e. The fraction of sp³-hybridized carbons (Fsp3) is 0.500. The van der Waals surface area contributed by atoms with Crippen LogP contribution in [0.5, 0.6) is 0 Å². The van der Waals surface area contributed by atoms with Crippen LogP contribution in [0, 0.1) is 10.1 Å². The lowest BCUT2D eigenvalue weighted by Gasteiger charge is -2.14. The predicted octanol–water partition coefficient (Wildman–Crippen LogP) is 2.72. The molecule has 0 spiro atoms. The Bertz CT molecular complexity index is 717. The van der Waals surface area contributed by atoms with E-state index in [4.69, 9.17) is 0 Å². The molecule has 122 valence electrons. The Kier molecular flexibility index (Phi) is 4.85. The number of halogens is 1. The molecule has 0 atom stereocenters. The van der Waals surface area contributed by atoms with Crippen LogP contribution in [-0.2, 0) is 19.4 Å². The molecule has 8 nitrogen and oxygen atoms in total. The maximum Gasteiger partial charge on any atom is 0.288 e. The number of anilines is 1. The van der Waals surface area contributed by atoms with Crippen molar-refractivity contribution in [2.45, 2.75) is 38.6 Å². The van der Waals surface area contributed by atoms with E-state index >= 15 is 0 Å². The maximum atomic E-state index is 10.7. The van der Waals surface area contributed by atoms with Crippen LogP contribution < -0.4 is 5.32 Å². The highest BCUT2D eigenvalue weighted by Crippen LogP contribution is 2.24. The number of fused-ring (bicyclic) bond motifs is 1. The van der Waals surface area contributed by atoms with Crippen molar-refractivity contribution in [3.8, 4) is 0 Å². The zero-order valence-electron chi connectivity index (χ0n) is 12.5. The molecule has 0 saturated carbocycles. The lowest BCUT2D eigenvalue weighted by atomic mass is 10.1. The summed E-state index contributed by atoms with van der Waals surface area (Å²) in [5, 5.41) is 22.4. The average Bonchev–Trinajstić information content (AvgIpc) is 2.96. The summed E-state index contributed by atoms with van der Waals surface area (Å²) in [6, 6.07) is 1.45. The van der Waals surface area contributed by atoms with Gasteiger partial charge in [-0.25, -0.2) is 4.98 Å². The zero-order valence-corrected chi connectivity index (χ0v) is 14.1. The number of rotatable bonds is 6. The number of pyridine rings is 1. The third-order valence-corrected chi connectivity index (χ3v) is 4.45. The van der Waals surface area contributed by atoms with Gasteiger partial charge in [-0.05, 0) is 35.2 Å². The second-order valence-corrected chi connectivity index (χ2v) is 6.31. The predicted molar refractivity (Wildman–Crippen MR) is 88.4 cm³/mol. The van der Waals surface area contributed by atoms with Gasteiger partial charge >= 0.3 is 0 Å². The van der Waals surface area contributed by atoms with E-state index in [1.807, 2.05) is 0 Å². The van der Waals surface area contributed by atoms with Crippen LogP contribution in [0.15, 0.2) is 16.7 Å². The van der Waals surface area contributed by atoms with Crippen LogP contribution >= 0.6 is 15.9 Å². The smallest absolute Gasteiger partial charge is 0.288 e. The van der Waals surface area contributed by atoms with Crippen molar-refractivity contribution in [2.75, 3.05) is 11.9 Å². The quantitative estimate of drug-likeness (QED) is 0.469. The molecule has 0 saturated heterocycles. The third kappa shape index (κ3) is 3.66. The van der Waals surface area contributed by atoms with Gasteiger partial charge in [-0.3, -0.25) is 10.1 Å². The molecule has 0 bridgehead atoms. The van der Waals surface area contributed by atoms with Crippen LogP contribution in [-0.4, -0.2) is 31.2 Å². The maximum absolute atomic E-state index is 10.7. The molecular weight excluding hydrogens is 364 g/mol. The van der Waals surface area contributed by atoms with Crippen molar-refractivity contribution < 1.29 is 4.92 Å². The van der Waals surface area contributed by atoms with E-state index in [0.29, 0.717) is 16.8 Å². The Morgan fingerprint density at radius 2 is 2.26 bits per heavy atom. The molecule has 0 aromatic carbocycles. The van der Waals surface area contributed by atoms with Gasteiger partial charge in [0.25, 0.3) is 5.69 Å². The molecular formula is C14H17BrN6O2. The summed E-state index contributed by atoms with van der Waals surface area (Å²) in [4.78, 5) is 14.3. The Labute approximate surface area is 141 Å². The number of nitrogens with one attached hydrogen (secondary N) is 1. The first-order valence-corrected chi connectivity index (χ1v) is 8.39. The lowest BCUT2D eigenvalue weighted by Crippen LogP contribution is -2.14. The third-order valence-electron chi connectivity index (χ3n) is 3.84. The SMILES string of the molecule is O=[N+]([O-])c1cnc(NCCCc2nnc3n2CCCC3)c(Br)c1. The molecule has 1 aliphatic rings. The molecule has 1 N–H and O–H groups in total. The van der Waals surface area contributed by atoms with Crippen LogP contribution in [0.3, 0.4) is 0 Å². The average molecular weight is 381 g/mol. The number of nitro groups is 1. The number of aryl methyl sites for hydroxylation is 2. The summed E-state index contributed by atoms with van der Waals surface area (Å²) in [7, 11) is 0. The van der Waals surface area contributed by atoms with Gasteiger partial charge in [-0.2, -0.15) is 0 Å². The molecule has 1 aliphatic heterocycles. The molecule has 3 rings (SSSR count). The number of hydrogen-bond acceptors (Lipinski definition) is 6. The molecule has 3 heterocycles. The normalized spacial score (nSPS) is 13.6. The summed E-state index contributed by atoms with van der Waals surface area (Å²) in [5.41, 5.74) is -0.0301. The molecule has 0 radical (unpaired) electrons. The molecule has 9 heteroatoms. The first-order valence-electron chi connectivity index (χ1n) is 7.60. The highest BCUT2D eigenvalue weighted by molar-refractivity contribution is 9.10. The van der Waals surface area contributed by atoms with Crippen LogP contribution in [0.1, 0.15) is 30.9 Å². The summed E-state index contributed by atoms with van der Waals surface area (Å²) < 4.78 is 2.82. The Morgan fingerprint density at radius 3 is 3.04 bits per heavy atom. The fourth-order valence-electron chi connectivity index (χ4n) is 2.66. The summed E-state index contributed by atoms with van der Waals surface area (Å²) in [5.74, 6) is 2.75. The van der Waals surface area contributed by atoms with Gasteiger partial charge in [-0.1, -0.05) is 0 Å². The van der Waals surface area contributed by atoms with Gasteiger partial charge in [0, 0.05) is 32.0 Å². The van der Waals surface area contributed by atoms with Crippen molar-refractivity contribution in [3.05, 3.63) is 38.5 Å². The standard InChI is InChI=1S/C14H17BrN6O2/c15-11-8-10(21(22)23)9-17-14(11)16-6-3-5-13-19-18-12-4-1-2-7-20(12)13/h8-9H,1-7H2,(H,16,17). The fourth-order valence-corrected chi connectivity index (χ4v) is 3.14. The van der Waals surface area contributed by atoms with Gasteiger partial charge in [0.2, 0.25) is 0 Å². The van der Waals surface area contributed by atoms with E-state index in [0.717, 1.165) is 37.5 Å². The minimum atomic E-state index is -0.462. The monoisotopic (exact) mass is 380 g/mol. The Morgan fingerprint density at radius 1 is 1.39 bits per heavy atom. The van der Waals surface area contributed by atoms with E-state index in [1.54, 1.807) is 0 Å². The highest BCUT2D eigenvalue weighted by Gasteiger charge is 2.15. The first kappa shape index (κ1) is 15.9. The molecule has 0 aliphatic carbocycles. The minimum absolute atomic E-state index is 0.0301. The topological polar surface area (TPSA) is 98.8 Å². The van der Waals surface area contributed by atoms with Gasteiger partial charge in [-0.15, -0.1) is 10.2 Å². The molecule has 0 unspecified atom stereocenters. The molecule has 0 amide bonds. The van der Waals surface area contributed by atoms with E-state index in [9.17, 15) is 10.1 Å². The molecule has 2 aromatic rings. The Balaban J connectivity index is 1.52. The van der Waals surface area contributed by atoms with Crippen molar-refractivity contribution in [2.24, 2.45) is 0 Å². The van der Waals surface area contributed by atoms with Gasteiger partial charge in [0.05, 0.1) is 9.40 Å². The highest BCUT2D eigenvalue weighted by atomic mass is 79.9. The number of nitrogens with zero attached hydrogens (tertiary/aromatic N) is 5. The molecule has 0 fully saturated rings. The van der Waals surface area contributed by atoms with Crippen LogP contribution in [0.4, 0.5) is 11.5 Å². The Hall–Kier alpha value is -2.03. The second kappa shape index (κ2) is 7.03. The van der Waals surface area contributed by atoms with Crippen molar-refractivity contribution in [3.63, 3.8) is 0 Å². The van der Waals surface area contributed by atoms with Crippen molar-refractivity contribution in [1.29, 1.82) is 0 Å². The molecule has 2 aromatic heterocycles. The lowest BCUT2D eigenvalue weighted by molar-refractivity contribution is -0.385. The van der Waals surface area contributed by atoms with Crippen molar-refractivity contribution in [1.82, 2.24) is 19.7 Å². The number of hydrogen-bond donors (Lipinski definition) is 1.